The molecule has 4 rings (SSSR count). The van der Waals surface area contributed by atoms with E-state index in [1.165, 1.54) is 28.0 Å². The standard InChI is InChI=1S/C17H16N4O4S2/c1-7-12-11(8(2)22)15(23)21(12)13(16(24)25)14(7)27-17-20-10(6-26-17)9-5-18-3-4-19-9/h3-8,11-12,22H,1-2H3,(H,24,25)/t7-,8-,11-,12?/m1/s1. The van der Waals surface area contributed by atoms with E-state index in [2.05, 4.69) is 15.0 Å². The summed E-state index contributed by atoms with van der Waals surface area (Å²) in [5.41, 5.74) is 1.30. The Hall–Kier alpha value is -2.30. The van der Waals surface area contributed by atoms with E-state index in [1.807, 2.05) is 12.3 Å². The van der Waals surface area contributed by atoms with Crippen molar-refractivity contribution in [3.05, 3.63) is 34.6 Å². The molecular formula is C17H16N4O4S2. The molecule has 0 spiro atoms. The summed E-state index contributed by atoms with van der Waals surface area (Å²) in [5, 5.41) is 21.4. The van der Waals surface area contributed by atoms with Gasteiger partial charge in [-0.3, -0.25) is 14.8 Å². The Morgan fingerprint density at radius 1 is 1.37 bits per heavy atom. The number of carboxylic acid groups (broad SMARTS) is 1. The molecule has 8 nitrogen and oxygen atoms in total. The first kappa shape index (κ1) is 18.1. The molecule has 1 unspecified atom stereocenters. The number of hydrogen-bond donors (Lipinski definition) is 2. The molecule has 1 fully saturated rings. The molecule has 0 aromatic carbocycles. The van der Waals surface area contributed by atoms with E-state index in [4.69, 9.17) is 0 Å². The largest absolute Gasteiger partial charge is 0.477 e. The molecular weight excluding hydrogens is 388 g/mol. The molecule has 0 radical (unpaired) electrons. The number of carbonyl (C=O) groups is 2. The smallest absolute Gasteiger partial charge is 0.353 e. The fraction of sp³-hybridized carbons (Fsp3) is 0.353. The molecule has 2 aromatic heterocycles. The average Bonchev–Trinajstić information content (AvgIpc) is 3.18. The molecule has 0 saturated carbocycles. The Bertz CT molecular complexity index is 943. The van der Waals surface area contributed by atoms with Crippen LogP contribution in [-0.2, 0) is 9.59 Å². The number of thiazole rings is 1. The van der Waals surface area contributed by atoms with Gasteiger partial charge in [-0.2, -0.15) is 0 Å². The van der Waals surface area contributed by atoms with Gasteiger partial charge in [0, 0.05) is 28.6 Å². The SMILES string of the molecule is C[C@H]1C(Sc2nc(-c3cnccn3)cs2)=C(C(=O)O)N2C(=O)[C@H]([C@@H](C)O)C12. The second-order valence-electron chi connectivity index (χ2n) is 6.46. The zero-order valence-corrected chi connectivity index (χ0v) is 16.1. The second kappa shape index (κ2) is 6.70. The van der Waals surface area contributed by atoms with Crippen LogP contribution in [0.2, 0.25) is 0 Å². The highest BCUT2D eigenvalue weighted by Gasteiger charge is 2.60. The van der Waals surface area contributed by atoms with Crippen LogP contribution < -0.4 is 0 Å². The molecule has 2 N–H and O–H groups in total. The minimum atomic E-state index is -1.14. The Morgan fingerprint density at radius 3 is 2.78 bits per heavy atom. The molecule has 2 aromatic rings. The number of carbonyl (C=O) groups excluding carboxylic acids is 1. The maximum atomic E-state index is 12.4. The normalized spacial score (nSPS) is 25.4. The van der Waals surface area contributed by atoms with Crippen molar-refractivity contribution in [3.8, 4) is 11.4 Å². The van der Waals surface area contributed by atoms with Crippen molar-refractivity contribution in [1.82, 2.24) is 19.9 Å². The number of aliphatic hydroxyl groups excluding tert-OH is 1. The van der Waals surface area contributed by atoms with E-state index in [0.717, 1.165) is 0 Å². The second-order valence-corrected chi connectivity index (χ2v) is 8.61. The molecule has 4 heterocycles. The number of carboxylic acids is 1. The molecule has 10 heteroatoms. The minimum Gasteiger partial charge on any atom is -0.477 e. The average molecular weight is 404 g/mol. The van der Waals surface area contributed by atoms with Crippen LogP contribution in [0.3, 0.4) is 0 Å². The van der Waals surface area contributed by atoms with E-state index >= 15 is 0 Å². The summed E-state index contributed by atoms with van der Waals surface area (Å²) in [5.74, 6) is -2.25. The van der Waals surface area contributed by atoms with Gasteiger partial charge in [0.05, 0.1) is 24.3 Å². The number of amides is 1. The third-order valence-electron chi connectivity index (χ3n) is 4.82. The molecule has 1 amide bonds. The van der Waals surface area contributed by atoms with Crippen LogP contribution in [0.15, 0.2) is 38.9 Å². The Labute approximate surface area is 163 Å². The Morgan fingerprint density at radius 2 is 2.15 bits per heavy atom. The van der Waals surface area contributed by atoms with Crippen LogP contribution in [0.4, 0.5) is 0 Å². The summed E-state index contributed by atoms with van der Waals surface area (Å²) in [6.45, 7) is 3.45. The first-order valence-electron chi connectivity index (χ1n) is 8.28. The first-order chi connectivity index (χ1) is 12.9. The zero-order valence-electron chi connectivity index (χ0n) is 14.4. The van der Waals surface area contributed by atoms with Gasteiger partial charge >= 0.3 is 5.97 Å². The van der Waals surface area contributed by atoms with Crippen LogP contribution >= 0.6 is 23.1 Å². The summed E-state index contributed by atoms with van der Waals surface area (Å²) in [6.07, 6.45) is 3.96. The quantitative estimate of drug-likeness (QED) is 0.725. The molecule has 4 atom stereocenters. The van der Waals surface area contributed by atoms with Crippen molar-refractivity contribution in [1.29, 1.82) is 0 Å². The highest BCUT2D eigenvalue weighted by atomic mass is 32.2. The van der Waals surface area contributed by atoms with E-state index in [1.54, 1.807) is 25.5 Å². The van der Waals surface area contributed by atoms with Gasteiger partial charge in [0.2, 0.25) is 5.91 Å². The van der Waals surface area contributed by atoms with Crippen LogP contribution in [-0.4, -0.2) is 54.1 Å². The lowest BCUT2D eigenvalue weighted by Crippen LogP contribution is -2.63. The lowest BCUT2D eigenvalue weighted by molar-refractivity contribution is -0.163. The lowest BCUT2D eigenvalue weighted by Gasteiger charge is -2.46. The molecule has 2 aliphatic rings. The van der Waals surface area contributed by atoms with Crippen LogP contribution in [0, 0.1) is 11.8 Å². The number of thioether (sulfide) groups is 1. The van der Waals surface area contributed by atoms with E-state index < -0.39 is 18.0 Å². The number of hydrogen-bond acceptors (Lipinski definition) is 8. The summed E-state index contributed by atoms with van der Waals surface area (Å²) in [4.78, 5) is 38.8. The third-order valence-corrected chi connectivity index (χ3v) is 7.04. The fourth-order valence-electron chi connectivity index (χ4n) is 3.60. The van der Waals surface area contributed by atoms with E-state index in [-0.39, 0.29) is 23.6 Å². The highest BCUT2D eigenvalue weighted by molar-refractivity contribution is 8.04. The van der Waals surface area contributed by atoms with Crippen LogP contribution in [0.5, 0.6) is 0 Å². The number of aliphatic carboxylic acids is 1. The predicted octanol–water partition coefficient (Wildman–Crippen LogP) is 1.85. The first-order valence-corrected chi connectivity index (χ1v) is 9.98. The van der Waals surface area contributed by atoms with Crippen molar-refractivity contribution in [3.63, 3.8) is 0 Å². The van der Waals surface area contributed by atoms with Gasteiger partial charge < -0.3 is 15.1 Å². The summed E-state index contributed by atoms with van der Waals surface area (Å²) >= 11 is 2.64. The molecule has 0 bridgehead atoms. The minimum absolute atomic E-state index is 0.00403. The van der Waals surface area contributed by atoms with Gasteiger partial charge in [0.25, 0.3) is 0 Å². The number of aromatic nitrogens is 3. The topological polar surface area (TPSA) is 117 Å². The van der Waals surface area contributed by atoms with Gasteiger partial charge in [-0.1, -0.05) is 18.7 Å². The van der Waals surface area contributed by atoms with Crippen molar-refractivity contribution in [2.75, 3.05) is 0 Å². The zero-order chi connectivity index (χ0) is 19.3. The summed E-state index contributed by atoms with van der Waals surface area (Å²) in [7, 11) is 0. The maximum Gasteiger partial charge on any atom is 0.353 e. The number of aliphatic hydroxyl groups is 1. The third kappa shape index (κ3) is 2.84. The monoisotopic (exact) mass is 404 g/mol. The van der Waals surface area contributed by atoms with Crippen molar-refractivity contribution in [2.24, 2.45) is 11.8 Å². The van der Waals surface area contributed by atoms with Gasteiger partial charge in [-0.15, -0.1) is 11.3 Å². The molecule has 27 heavy (non-hydrogen) atoms. The lowest BCUT2D eigenvalue weighted by atomic mass is 9.79. The van der Waals surface area contributed by atoms with E-state index in [9.17, 15) is 19.8 Å². The van der Waals surface area contributed by atoms with Crippen molar-refractivity contribution < 1.29 is 19.8 Å². The predicted molar refractivity (Wildman–Crippen MR) is 98.6 cm³/mol. The van der Waals surface area contributed by atoms with Crippen LogP contribution in [0.25, 0.3) is 11.4 Å². The molecule has 1 saturated heterocycles. The Kier molecular flexibility index (Phi) is 4.49. The molecule has 2 aliphatic heterocycles. The number of rotatable bonds is 5. The number of nitrogens with zero attached hydrogens (tertiary/aromatic N) is 4. The molecule has 0 aliphatic carbocycles. The number of fused-ring (bicyclic) bond motifs is 1. The number of β-lactam (4-membered cyclic amide) rings is 1. The van der Waals surface area contributed by atoms with Gasteiger partial charge in [0.15, 0.2) is 4.34 Å². The Balaban J connectivity index is 1.64. The summed E-state index contributed by atoms with van der Waals surface area (Å²) in [6, 6.07) is -0.328. The molecule has 140 valence electrons. The van der Waals surface area contributed by atoms with E-state index in [0.29, 0.717) is 20.6 Å². The van der Waals surface area contributed by atoms with Gasteiger partial charge in [0.1, 0.15) is 17.1 Å². The van der Waals surface area contributed by atoms with Crippen molar-refractivity contribution >= 4 is 35.0 Å². The highest BCUT2D eigenvalue weighted by Crippen LogP contribution is 2.52. The summed E-state index contributed by atoms with van der Waals surface area (Å²) < 4.78 is 0.666. The van der Waals surface area contributed by atoms with Crippen molar-refractivity contribution in [2.45, 2.75) is 30.3 Å². The van der Waals surface area contributed by atoms with Gasteiger partial charge in [-0.25, -0.2) is 9.78 Å². The van der Waals surface area contributed by atoms with Gasteiger partial charge in [-0.05, 0) is 6.92 Å². The maximum absolute atomic E-state index is 12.4. The fourth-order valence-corrected chi connectivity index (χ4v) is 5.69. The van der Waals surface area contributed by atoms with Crippen LogP contribution in [0.1, 0.15) is 13.8 Å².